The molecule has 8 heteroatoms. The number of hydrogen-bond acceptors (Lipinski definition) is 5. The number of carbonyl (C=O) groups is 3. The van der Waals surface area contributed by atoms with E-state index < -0.39 is 29.2 Å². The number of ether oxygens (including phenoxy) is 2. The van der Waals surface area contributed by atoms with Gasteiger partial charge in [0.15, 0.2) is 0 Å². The van der Waals surface area contributed by atoms with Crippen molar-refractivity contribution in [2.45, 2.75) is 50.7 Å². The molecule has 180 valence electrons. The van der Waals surface area contributed by atoms with Gasteiger partial charge in [-0.05, 0) is 55.9 Å². The van der Waals surface area contributed by atoms with Crippen molar-refractivity contribution in [2.24, 2.45) is 5.73 Å². The number of amides is 3. The molecule has 0 bridgehead atoms. The molecule has 3 amide bonds. The first kappa shape index (κ1) is 23.6. The third kappa shape index (κ3) is 4.71. The van der Waals surface area contributed by atoms with E-state index in [1.807, 2.05) is 24.3 Å². The summed E-state index contributed by atoms with van der Waals surface area (Å²) in [6.45, 7) is 5.90. The maximum atomic E-state index is 12.8. The zero-order chi connectivity index (χ0) is 24.5. The minimum atomic E-state index is -1.26. The van der Waals surface area contributed by atoms with Gasteiger partial charge in [0.25, 0.3) is 0 Å². The third-order valence-electron chi connectivity index (χ3n) is 6.42. The molecule has 34 heavy (non-hydrogen) atoms. The molecular formula is C26H31N3O5. The fraction of sp³-hybridized carbons (Fsp3) is 0.423. The van der Waals surface area contributed by atoms with Gasteiger partial charge in [-0.25, -0.2) is 9.59 Å². The zero-order valence-corrected chi connectivity index (χ0v) is 19.8. The van der Waals surface area contributed by atoms with Gasteiger partial charge in [0.1, 0.15) is 17.7 Å². The number of rotatable bonds is 4. The van der Waals surface area contributed by atoms with Crippen LogP contribution in [-0.4, -0.2) is 53.8 Å². The van der Waals surface area contributed by atoms with Crippen molar-refractivity contribution in [3.05, 3.63) is 59.7 Å². The van der Waals surface area contributed by atoms with Crippen LogP contribution in [0.5, 0.6) is 0 Å². The minimum absolute atomic E-state index is 0.0281. The number of nitrogens with one attached hydrogen (secondary N) is 1. The molecule has 3 N–H and O–H groups in total. The number of alkyl carbamates (subject to hydrolysis) is 1. The maximum Gasteiger partial charge on any atom is 0.409 e. The van der Waals surface area contributed by atoms with E-state index in [0.717, 1.165) is 22.3 Å². The first-order valence-electron chi connectivity index (χ1n) is 11.5. The molecule has 1 saturated heterocycles. The highest BCUT2D eigenvalue weighted by Gasteiger charge is 2.43. The lowest BCUT2D eigenvalue weighted by Gasteiger charge is -2.39. The van der Waals surface area contributed by atoms with Gasteiger partial charge in [-0.15, -0.1) is 0 Å². The van der Waals surface area contributed by atoms with E-state index in [1.165, 1.54) is 0 Å². The molecule has 0 aromatic heterocycles. The van der Waals surface area contributed by atoms with Crippen LogP contribution < -0.4 is 11.1 Å². The summed E-state index contributed by atoms with van der Waals surface area (Å²) in [4.78, 5) is 38.9. The first-order valence-corrected chi connectivity index (χ1v) is 11.5. The number of hydrogen-bond donors (Lipinski definition) is 2. The Morgan fingerprint density at radius 1 is 1.00 bits per heavy atom. The van der Waals surface area contributed by atoms with Crippen molar-refractivity contribution >= 4 is 18.1 Å². The summed E-state index contributed by atoms with van der Waals surface area (Å²) in [5.74, 6) is -0.676. The van der Waals surface area contributed by atoms with E-state index in [0.29, 0.717) is 0 Å². The van der Waals surface area contributed by atoms with Gasteiger partial charge in [-0.3, -0.25) is 4.79 Å². The Morgan fingerprint density at radius 3 is 2.03 bits per heavy atom. The van der Waals surface area contributed by atoms with Crippen LogP contribution in [0.25, 0.3) is 11.1 Å². The average Bonchev–Trinajstić information content (AvgIpc) is 3.10. The van der Waals surface area contributed by atoms with E-state index >= 15 is 0 Å². The normalized spacial score (nSPS) is 16.9. The molecule has 0 spiro atoms. The van der Waals surface area contributed by atoms with Gasteiger partial charge in [0, 0.05) is 19.0 Å². The van der Waals surface area contributed by atoms with Crippen LogP contribution in [0.15, 0.2) is 48.5 Å². The van der Waals surface area contributed by atoms with Crippen LogP contribution >= 0.6 is 0 Å². The van der Waals surface area contributed by atoms with Crippen LogP contribution in [0.2, 0.25) is 0 Å². The molecule has 0 saturated carbocycles. The van der Waals surface area contributed by atoms with Gasteiger partial charge < -0.3 is 25.4 Å². The largest absolute Gasteiger partial charge is 0.448 e. The molecule has 2 aromatic rings. The monoisotopic (exact) mass is 465 g/mol. The molecule has 1 heterocycles. The van der Waals surface area contributed by atoms with Crippen molar-refractivity contribution in [1.29, 1.82) is 0 Å². The van der Waals surface area contributed by atoms with Crippen molar-refractivity contribution in [3.63, 3.8) is 0 Å². The standard InChI is InChI=1S/C26H31N3O5/c1-25(2,3)34-23(31)28-26(22(27)30)12-14-29(15-13-26)24(32)33-16-21-19-10-6-4-8-17(19)18-9-5-7-11-20(18)21/h4-11,21H,12-16H2,1-3H3,(H2,27,30)(H,28,31). The lowest BCUT2D eigenvalue weighted by Crippen LogP contribution is -2.63. The van der Waals surface area contributed by atoms with Crippen molar-refractivity contribution in [2.75, 3.05) is 19.7 Å². The smallest absolute Gasteiger partial charge is 0.409 e. The fourth-order valence-corrected chi connectivity index (χ4v) is 4.69. The second-order valence-electron chi connectivity index (χ2n) is 9.86. The van der Waals surface area contributed by atoms with Gasteiger partial charge in [-0.1, -0.05) is 48.5 Å². The van der Waals surface area contributed by atoms with Crippen molar-refractivity contribution in [1.82, 2.24) is 10.2 Å². The molecule has 0 radical (unpaired) electrons. The Balaban J connectivity index is 1.38. The molecule has 0 atom stereocenters. The van der Waals surface area contributed by atoms with Crippen LogP contribution in [0.1, 0.15) is 50.7 Å². The highest BCUT2D eigenvalue weighted by Crippen LogP contribution is 2.44. The first-order chi connectivity index (χ1) is 16.1. The number of primary amides is 1. The molecule has 1 aliphatic heterocycles. The number of carbonyl (C=O) groups excluding carboxylic acids is 3. The maximum absolute atomic E-state index is 12.8. The zero-order valence-electron chi connectivity index (χ0n) is 19.8. The van der Waals surface area contributed by atoms with Crippen LogP contribution in [0.4, 0.5) is 9.59 Å². The average molecular weight is 466 g/mol. The molecule has 1 fully saturated rings. The summed E-state index contributed by atoms with van der Waals surface area (Å²) in [6, 6.07) is 16.3. The molecule has 2 aliphatic rings. The summed E-state index contributed by atoms with van der Waals surface area (Å²) >= 11 is 0. The number of likely N-dealkylation sites (tertiary alicyclic amines) is 1. The summed E-state index contributed by atoms with van der Waals surface area (Å²) in [7, 11) is 0. The second kappa shape index (κ2) is 9.00. The summed E-state index contributed by atoms with van der Waals surface area (Å²) in [6.07, 6.45) is -0.782. The summed E-state index contributed by atoms with van der Waals surface area (Å²) in [5.41, 5.74) is 8.27. The van der Waals surface area contributed by atoms with E-state index in [9.17, 15) is 14.4 Å². The van der Waals surface area contributed by atoms with Gasteiger partial charge in [0.05, 0.1) is 0 Å². The highest BCUT2D eigenvalue weighted by molar-refractivity contribution is 5.89. The Hall–Kier alpha value is -3.55. The van der Waals surface area contributed by atoms with Crippen LogP contribution in [0.3, 0.4) is 0 Å². The second-order valence-corrected chi connectivity index (χ2v) is 9.86. The molecule has 2 aromatic carbocycles. The predicted octanol–water partition coefficient (Wildman–Crippen LogP) is 3.78. The van der Waals surface area contributed by atoms with Crippen LogP contribution in [-0.2, 0) is 14.3 Å². The fourth-order valence-electron chi connectivity index (χ4n) is 4.69. The molecule has 0 unspecified atom stereocenters. The minimum Gasteiger partial charge on any atom is -0.448 e. The van der Waals surface area contributed by atoms with Crippen molar-refractivity contribution < 1.29 is 23.9 Å². The predicted molar refractivity (Wildman–Crippen MR) is 127 cm³/mol. The summed E-state index contributed by atoms with van der Waals surface area (Å²) in [5, 5.41) is 2.63. The number of nitrogens with two attached hydrogens (primary N) is 1. The lowest BCUT2D eigenvalue weighted by molar-refractivity contribution is -0.126. The topological polar surface area (TPSA) is 111 Å². The van der Waals surface area contributed by atoms with E-state index in [4.69, 9.17) is 15.2 Å². The Morgan fingerprint density at radius 2 is 1.53 bits per heavy atom. The third-order valence-corrected chi connectivity index (χ3v) is 6.42. The van der Waals surface area contributed by atoms with Gasteiger partial charge >= 0.3 is 12.2 Å². The van der Waals surface area contributed by atoms with Gasteiger partial charge in [-0.2, -0.15) is 0 Å². The highest BCUT2D eigenvalue weighted by atomic mass is 16.6. The van der Waals surface area contributed by atoms with E-state index in [2.05, 4.69) is 29.6 Å². The Labute approximate surface area is 199 Å². The van der Waals surface area contributed by atoms with E-state index in [-0.39, 0.29) is 38.5 Å². The van der Waals surface area contributed by atoms with Crippen molar-refractivity contribution in [3.8, 4) is 11.1 Å². The quantitative estimate of drug-likeness (QED) is 0.714. The SMILES string of the molecule is CC(C)(C)OC(=O)NC1(C(N)=O)CCN(C(=O)OCC2c3ccccc3-c3ccccc32)CC1. The number of piperidine rings is 1. The number of nitrogens with zero attached hydrogens (tertiary/aromatic N) is 1. The van der Waals surface area contributed by atoms with E-state index in [1.54, 1.807) is 25.7 Å². The van der Waals surface area contributed by atoms with Crippen LogP contribution in [0, 0.1) is 0 Å². The molecular weight excluding hydrogens is 434 g/mol. The Bertz CT molecular complexity index is 1050. The lowest BCUT2D eigenvalue weighted by atomic mass is 9.87. The molecule has 8 nitrogen and oxygen atoms in total. The molecule has 1 aliphatic carbocycles. The number of fused-ring (bicyclic) bond motifs is 3. The molecule has 4 rings (SSSR count). The number of benzene rings is 2. The van der Waals surface area contributed by atoms with Gasteiger partial charge in [0.2, 0.25) is 5.91 Å². The summed E-state index contributed by atoms with van der Waals surface area (Å²) < 4.78 is 11.0. The Kier molecular flexibility index (Phi) is 6.25.